The van der Waals surface area contributed by atoms with E-state index in [-0.39, 0.29) is 0 Å². The maximum atomic E-state index is 4.52. The van der Waals surface area contributed by atoms with Crippen LogP contribution in [0.25, 0.3) is 10.9 Å². The van der Waals surface area contributed by atoms with E-state index in [0.717, 1.165) is 28.5 Å². The third-order valence-electron chi connectivity index (χ3n) is 4.15. The van der Waals surface area contributed by atoms with E-state index in [0.29, 0.717) is 6.04 Å². The maximum Gasteiger partial charge on any atom is 0.0933 e. The van der Waals surface area contributed by atoms with Gasteiger partial charge in [0.15, 0.2) is 0 Å². The van der Waals surface area contributed by atoms with Gasteiger partial charge >= 0.3 is 0 Å². The van der Waals surface area contributed by atoms with Crippen molar-refractivity contribution < 1.29 is 0 Å². The van der Waals surface area contributed by atoms with E-state index in [1.807, 2.05) is 12.3 Å². The SMILES string of the molecule is Brc1ccc2c(c1)CCC2Nc1cccc2cccnc12. The molecular formula is C18H15BrN2. The number of hydrogen-bond donors (Lipinski definition) is 1. The summed E-state index contributed by atoms with van der Waals surface area (Å²) >= 11 is 3.55. The molecule has 0 radical (unpaired) electrons. The van der Waals surface area contributed by atoms with Crippen LogP contribution in [0.5, 0.6) is 0 Å². The lowest BCUT2D eigenvalue weighted by Crippen LogP contribution is -2.07. The molecule has 1 atom stereocenters. The van der Waals surface area contributed by atoms with Crippen LogP contribution in [0.15, 0.2) is 59.2 Å². The number of anilines is 1. The maximum absolute atomic E-state index is 4.52. The van der Waals surface area contributed by atoms with Gasteiger partial charge in [0.25, 0.3) is 0 Å². The molecule has 1 aromatic heterocycles. The van der Waals surface area contributed by atoms with Crippen LogP contribution in [0.3, 0.4) is 0 Å². The van der Waals surface area contributed by atoms with Crippen LogP contribution in [0, 0.1) is 0 Å². The lowest BCUT2D eigenvalue weighted by Gasteiger charge is -2.17. The number of halogens is 1. The van der Waals surface area contributed by atoms with Crippen molar-refractivity contribution in [3.8, 4) is 0 Å². The fourth-order valence-electron chi connectivity index (χ4n) is 3.14. The summed E-state index contributed by atoms with van der Waals surface area (Å²) < 4.78 is 1.16. The summed E-state index contributed by atoms with van der Waals surface area (Å²) in [7, 11) is 0. The van der Waals surface area contributed by atoms with E-state index in [9.17, 15) is 0 Å². The molecule has 0 fully saturated rings. The summed E-state index contributed by atoms with van der Waals surface area (Å²) in [6.07, 6.45) is 4.12. The van der Waals surface area contributed by atoms with Crippen LogP contribution in [0.4, 0.5) is 5.69 Å². The van der Waals surface area contributed by atoms with Gasteiger partial charge in [0.1, 0.15) is 0 Å². The number of nitrogens with one attached hydrogen (secondary N) is 1. The highest BCUT2D eigenvalue weighted by Gasteiger charge is 2.22. The van der Waals surface area contributed by atoms with Crippen LogP contribution < -0.4 is 5.32 Å². The number of rotatable bonds is 2. The Morgan fingerprint density at radius 3 is 2.95 bits per heavy atom. The predicted molar refractivity (Wildman–Crippen MR) is 90.6 cm³/mol. The van der Waals surface area contributed by atoms with Gasteiger partial charge in [-0.2, -0.15) is 0 Å². The van der Waals surface area contributed by atoms with Crippen molar-refractivity contribution in [1.29, 1.82) is 0 Å². The van der Waals surface area contributed by atoms with E-state index in [1.165, 1.54) is 16.5 Å². The van der Waals surface area contributed by atoms with Gasteiger partial charge in [-0.05, 0) is 48.2 Å². The van der Waals surface area contributed by atoms with Gasteiger partial charge in [-0.1, -0.05) is 40.2 Å². The van der Waals surface area contributed by atoms with Crippen molar-refractivity contribution >= 4 is 32.5 Å². The first kappa shape index (κ1) is 12.8. The average Bonchev–Trinajstić information content (AvgIpc) is 2.90. The number of hydrogen-bond acceptors (Lipinski definition) is 2. The Morgan fingerprint density at radius 2 is 2.00 bits per heavy atom. The molecule has 0 spiro atoms. The largest absolute Gasteiger partial charge is 0.376 e. The van der Waals surface area contributed by atoms with E-state index >= 15 is 0 Å². The normalized spacial score (nSPS) is 16.9. The fourth-order valence-corrected chi connectivity index (χ4v) is 3.55. The molecule has 2 nitrogen and oxygen atoms in total. The highest BCUT2D eigenvalue weighted by molar-refractivity contribution is 9.10. The predicted octanol–water partition coefficient (Wildman–Crippen LogP) is 5.10. The molecule has 4 rings (SSSR count). The number of aryl methyl sites for hydroxylation is 1. The molecule has 0 saturated carbocycles. The van der Waals surface area contributed by atoms with Crippen molar-refractivity contribution in [2.45, 2.75) is 18.9 Å². The minimum absolute atomic E-state index is 0.376. The monoisotopic (exact) mass is 338 g/mol. The molecule has 0 amide bonds. The smallest absolute Gasteiger partial charge is 0.0933 e. The number of pyridine rings is 1. The lowest BCUT2D eigenvalue weighted by atomic mass is 10.1. The first-order valence-corrected chi connectivity index (χ1v) is 7.99. The highest BCUT2D eigenvalue weighted by atomic mass is 79.9. The summed E-state index contributed by atoms with van der Waals surface area (Å²) in [4.78, 5) is 4.52. The average molecular weight is 339 g/mol. The summed E-state index contributed by atoms with van der Waals surface area (Å²) in [6.45, 7) is 0. The van der Waals surface area contributed by atoms with Crippen LogP contribution in [-0.4, -0.2) is 4.98 Å². The second-order valence-corrected chi connectivity index (χ2v) is 6.38. The lowest BCUT2D eigenvalue weighted by molar-refractivity contribution is 0.763. The van der Waals surface area contributed by atoms with Gasteiger partial charge in [0, 0.05) is 16.1 Å². The first-order valence-electron chi connectivity index (χ1n) is 7.20. The van der Waals surface area contributed by atoms with Gasteiger partial charge in [-0.15, -0.1) is 0 Å². The van der Waals surface area contributed by atoms with E-state index < -0.39 is 0 Å². The minimum atomic E-state index is 0.376. The summed E-state index contributed by atoms with van der Waals surface area (Å²) in [5, 5.41) is 4.86. The third-order valence-corrected chi connectivity index (χ3v) is 4.64. The van der Waals surface area contributed by atoms with Gasteiger partial charge in [0.2, 0.25) is 0 Å². The van der Waals surface area contributed by atoms with Crippen molar-refractivity contribution in [3.63, 3.8) is 0 Å². The second kappa shape index (κ2) is 5.15. The molecule has 0 aliphatic heterocycles. The molecule has 21 heavy (non-hydrogen) atoms. The highest BCUT2D eigenvalue weighted by Crippen LogP contribution is 2.36. The Morgan fingerprint density at radius 1 is 1.10 bits per heavy atom. The first-order chi connectivity index (χ1) is 10.3. The fraction of sp³-hybridized carbons (Fsp3) is 0.167. The molecule has 0 bridgehead atoms. The summed E-state index contributed by atoms with van der Waals surface area (Å²) in [5.74, 6) is 0. The zero-order valence-corrected chi connectivity index (χ0v) is 13.1. The molecule has 0 saturated heterocycles. The number of para-hydroxylation sites is 1. The molecule has 3 aromatic rings. The molecule has 104 valence electrons. The van der Waals surface area contributed by atoms with Crippen molar-refractivity contribution in [2.24, 2.45) is 0 Å². The van der Waals surface area contributed by atoms with Gasteiger partial charge in [0.05, 0.1) is 17.2 Å². The van der Waals surface area contributed by atoms with E-state index in [4.69, 9.17) is 0 Å². The van der Waals surface area contributed by atoms with Gasteiger partial charge in [-0.25, -0.2) is 0 Å². The zero-order valence-electron chi connectivity index (χ0n) is 11.5. The molecule has 2 aromatic carbocycles. The Bertz CT molecular complexity index is 808. The Balaban J connectivity index is 1.71. The number of benzene rings is 2. The van der Waals surface area contributed by atoms with Crippen LogP contribution in [0.1, 0.15) is 23.6 Å². The van der Waals surface area contributed by atoms with Crippen molar-refractivity contribution in [1.82, 2.24) is 4.98 Å². The summed E-state index contributed by atoms with van der Waals surface area (Å²) in [5.41, 5.74) is 5.01. The summed E-state index contributed by atoms with van der Waals surface area (Å²) in [6, 6.07) is 17.4. The van der Waals surface area contributed by atoms with Crippen molar-refractivity contribution in [3.05, 3.63) is 70.3 Å². The second-order valence-electron chi connectivity index (χ2n) is 5.46. The standard InChI is InChI=1S/C18H15BrN2/c19-14-7-8-15-13(11-14)6-9-16(15)21-17-5-1-3-12-4-2-10-20-18(12)17/h1-5,7-8,10-11,16,21H,6,9H2. The molecular weight excluding hydrogens is 324 g/mol. The van der Waals surface area contributed by atoms with Gasteiger partial charge < -0.3 is 5.32 Å². The van der Waals surface area contributed by atoms with Crippen LogP contribution in [0.2, 0.25) is 0 Å². The van der Waals surface area contributed by atoms with Crippen molar-refractivity contribution in [2.75, 3.05) is 5.32 Å². The third kappa shape index (κ3) is 2.32. The minimum Gasteiger partial charge on any atom is -0.376 e. The Labute approximate surface area is 132 Å². The van der Waals surface area contributed by atoms with Crippen LogP contribution >= 0.6 is 15.9 Å². The molecule has 1 aliphatic carbocycles. The molecule has 3 heteroatoms. The molecule has 1 unspecified atom stereocenters. The van der Waals surface area contributed by atoms with E-state index in [2.05, 4.69) is 68.7 Å². The number of nitrogens with zero attached hydrogens (tertiary/aromatic N) is 1. The number of fused-ring (bicyclic) bond motifs is 2. The molecule has 1 heterocycles. The zero-order chi connectivity index (χ0) is 14.2. The topological polar surface area (TPSA) is 24.9 Å². The van der Waals surface area contributed by atoms with Crippen LogP contribution in [-0.2, 0) is 6.42 Å². The quantitative estimate of drug-likeness (QED) is 0.703. The Kier molecular flexibility index (Phi) is 3.15. The van der Waals surface area contributed by atoms with Gasteiger partial charge in [-0.3, -0.25) is 4.98 Å². The molecule has 1 N–H and O–H groups in total. The Hall–Kier alpha value is -1.87. The number of aromatic nitrogens is 1. The molecule has 1 aliphatic rings. The van der Waals surface area contributed by atoms with E-state index in [1.54, 1.807) is 0 Å².